The maximum Gasteiger partial charge on any atom is 0.306 e. The number of amides is 1. The minimum atomic E-state index is -0.361. The third kappa shape index (κ3) is 8.70. The van der Waals surface area contributed by atoms with Crippen molar-refractivity contribution in [3.8, 4) is 11.8 Å². The van der Waals surface area contributed by atoms with Crippen molar-refractivity contribution in [1.29, 1.82) is 0 Å². The van der Waals surface area contributed by atoms with E-state index in [-0.39, 0.29) is 43.4 Å². The van der Waals surface area contributed by atoms with Crippen LogP contribution in [0, 0.1) is 11.8 Å². The molecular formula is C37H39N3O4. The van der Waals surface area contributed by atoms with Gasteiger partial charge in [0.25, 0.3) is 0 Å². The van der Waals surface area contributed by atoms with Crippen molar-refractivity contribution < 1.29 is 18.7 Å². The summed E-state index contributed by atoms with van der Waals surface area (Å²) in [7, 11) is 0. The van der Waals surface area contributed by atoms with Crippen molar-refractivity contribution in [3.05, 3.63) is 131 Å². The van der Waals surface area contributed by atoms with E-state index >= 15 is 0 Å². The zero-order chi connectivity index (χ0) is 30.6. The van der Waals surface area contributed by atoms with Gasteiger partial charge in [0, 0.05) is 44.6 Å². The zero-order valence-corrected chi connectivity index (χ0v) is 24.9. The summed E-state index contributed by atoms with van der Waals surface area (Å²) in [5.41, 5.74) is 8.68. The van der Waals surface area contributed by atoms with Gasteiger partial charge in [0.05, 0.1) is 6.04 Å². The average Bonchev–Trinajstić information content (AvgIpc) is 3.53. The summed E-state index contributed by atoms with van der Waals surface area (Å²) in [5.74, 6) is 7.43. The SMILES string of the molecule is NC(=O)CCCCC(=O)OCc1ccc(C(C#Cc2ccccc2)N2CCN(C(c3ccccc3)c3ccccc3)CC2)o1. The Labute approximate surface area is 259 Å². The second-order valence-electron chi connectivity index (χ2n) is 11.0. The molecule has 1 aliphatic heterocycles. The number of esters is 1. The second kappa shape index (κ2) is 15.7. The van der Waals surface area contributed by atoms with Crippen molar-refractivity contribution in [2.24, 2.45) is 5.73 Å². The first-order valence-electron chi connectivity index (χ1n) is 15.2. The molecule has 1 aliphatic rings. The molecule has 2 heterocycles. The number of rotatable bonds is 12. The monoisotopic (exact) mass is 589 g/mol. The molecule has 7 nitrogen and oxygen atoms in total. The summed E-state index contributed by atoms with van der Waals surface area (Å²) in [4.78, 5) is 28.0. The first-order valence-corrected chi connectivity index (χ1v) is 15.2. The minimum Gasteiger partial charge on any atom is -0.460 e. The van der Waals surface area contributed by atoms with E-state index in [1.165, 1.54) is 11.1 Å². The van der Waals surface area contributed by atoms with Gasteiger partial charge in [0.1, 0.15) is 24.2 Å². The van der Waals surface area contributed by atoms with Crippen LogP contribution in [0.4, 0.5) is 0 Å². The summed E-state index contributed by atoms with van der Waals surface area (Å²) in [5, 5.41) is 0. The summed E-state index contributed by atoms with van der Waals surface area (Å²) in [6.45, 7) is 3.44. The van der Waals surface area contributed by atoms with Crippen LogP contribution in [0.3, 0.4) is 0 Å². The standard InChI is InChI=1S/C37H39N3O4/c38-35(41)18-10-11-19-36(42)43-28-32-21-23-34(44-32)33(22-20-29-12-4-1-5-13-29)39-24-26-40(27-25-39)37(30-14-6-2-7-15-30)31-16-8-3-9-17-31/h1-9,12-17,21,23,33,37H,10-11,18-19,24-28H2,(H2,38,41). The lowest BCUT2D eigenvalue weighted by molar-refractivity contribution is -0.145. The van der Waals surface area contributed by atoms with Gasteiger partial charge in [-0.15, -0.1) is 0 Å². The molecule has 4 aromatic rings. The van der Waals surface area contributed by atoms with Crippen LogP contribution in [0.15, 0.2) is 108 Å². The van der Waals surface area contributed by atoms with Crippen molar-refractivity contribution >= 4 is 11.9 Å². The van der Waals surface area contributed by atoms with Gasteiger partial charge in [-0.05, 0) is 48.2 Å². The Morgan fingerprint density at radius 1 is 0.750 bits per heavy atom. The fraction of sp³-hybridized carbons (Fsp3) is 0.297. The molecule has 0 spiro atoms. The van der Waals surface area contributed by atoms with E-state index in [0.29, 0.717) is 18.6 Å². The molecule has 226 valence electrons. The highest BCUT2D eigenvalue weighted by Crippen LogP contribution is 2.31. The number of piperazine rings is 1. The van der Waals surface area contributed by atoms with E-state index in [2.05, 4.69) is 82.3 Å². The molecule has 1 aromatic heterocycles. The van der Waals surface area contributed by atoms with Crippen molar-refractivity contribution in [2.75, 3.05) is 26.2 Å². The van der Waals surface area contributed by atoms with Crippen LogP contribution in [-0.4, -0.2) is 47.9 Å². The molecule has 0 aliphatic carbocycles. The van der Waals surface area contributed by atoms with Crippen LogP contribution in [0.5, 0.6) is 0 Å². The lowest BCUT2D eigenvalue weighted by Gasteiger charge is -2.41. The summed E-state index contributed by atoms with van der Waals surface area (Å²) in [6, 6.07) is 35.0. The summed E-state index contributed by atoms with van der Waals surface area (Å²) in [6.07, 6.45) is 1.64. The number of benzene rings is 3. The number of ether oxygens (including phenoxy) is 1. The van der Waals surface area contributed by atoms with E-state index in [0.717, 1.165) is 37.5 Å². The highest BCUT2D eigenvalue weighted by atomic mass is 16.5. The maximum atomic E-state index is 12.2. The molecule has 1 amide bonds. The Hall–Kier alpha value is -4.64. The fourth-order valence-electron chi connectivity index (χ4n) is 5.57. The number of nitrogens with zero attached hydrogens (tertiary/aromatic N) is 2. The molecule has 0 saturated carbocycles. The minimum absolute atomic E-state index is 0.0527. The van der Waals surface area contributed by atoms with E-state index in [1.54, 1.807) is 0 Å². The van der Waals surface area contributed by atoms with Gasteiger partial charge in [-0.3, -0.25) is 19.4 Å². The molecule has 0 bridgehead atoms. The van der Waals surface area contributed by atoms with Crippen LogP contribution in [0.25, 0.3) is 0 Å². The topological polar surface area (TPSA) is 89.0 Å². The third-order valence-corrected chi connectivity index (χ3v) is 7.82. The molecule has 5 rings (SSSR count). The Balaban J connectivity index is 1.28. The maximum absolute atomic E-state index is 12.2. The Morgan fingerprint density at radius 2 is 1.32 bits per heavy atom. The predicted octanol–water partition coefficient (Wildman–Crippen LogP) is 5.87. The molecule has 3 aromatic carbocycles. The molecule has 1 saturated heterocycles. The van der Waals surface area contributed by atoms with Crippen LogP contribution >= 0.6 is 0 Å². The van der Waals surface area contributed by atoms with Crippen molar-refractivity contribution in [3.63, 3.8) is 0 Å². The van der Waals surface area contributed by atoms with Gasteiger partial charge >= 0.3 is 5.97 Å². The number of unbranched alkanes of at least 4 members (excludes halogenated alkanes) is 1. The number of hydrogen-bond donors (Lipinski definition) is 1. The Kier molecular flexibility index (Phi) is 11.0. The average molecular weight is 590 g/mol. The summed E-state index contributed by atoms with van der Waals surface area (Å²) < 4.78 is 11.6. The van der Waals surface area contributed by atoms with Gasteiger partial charge in [-0.1, -0.05) is 90.7 Å². The number of primary amides is 1. The van der Waals surface area contributed by atoms with Gasteiger partial charge in [-0.25, -0.2) is 0 Å². The molecule has 1 unspecified atom stereocenters. The number of carbonyl (C=O) groups excluding carboxylic acids is 2. The van der Waals surface area contributed by atoms with Crippen LogP contribution in [0.2, 0.25) is 0 Å². The van der Waals surface area contributed by atoms with Crippen molar-refractivity contribution in [1.82, 2.24) is 9.80 Å². The zero-order valence-electron chi connectivity index (χ0n) is 24.9. The van der Waals surface area contributed by atoms with Crippen molar-refractivity contribution in [2.45, 2.75) is 44.4 Å². The van der Waals surface area contributed by atoms with E-state index in [4.69, 9.17) is 14.9 Å². The van der Waals surface area contributed by atoms with E-state index in [9.17, 15) is 9.59 Å². The van der Waals surface area contributed by atoms with Gasteiger partial charge < -0.3 is 14.9 Å². The molecule has 0 radical (unpaired) electrons. The summed E-state index contributed by atoms with van der Waals surface area (Å²) >= 11 is 0. The van der Waals surface area contributed by atoms with Crippen LogP contribution in [0.1, 0.15) is 66.0 Å². The lowest BCUT2D eigenvalue weighted by Crippen LogP contribution is -2.48. The van der Waals surface area contributed by atoms with E-state index < -0.39 is 0 Å². The molecule has 2 N–H and O–H groups in total. The van der Waals surface area contributed by atoms with Gasteiger partial charge in [0.2, 0.25) is 5.91 Å². The van der Waals surface area contributed by atoms with Gasteiger partial charge in [-0.2, -0.15) is 0 Å². The first kappa shape index (κ1) is 30.8. The lowest BCUT2D eigenvalue weighted by atomic mass is 9.96. The molecule has 1 fully saturated rings. The second-order valence-corrected chi connectivity index (χ2v) is 11.0. The fourth-order valence-corrected chi connectivity index (χ4v) is 5.57. The number of carbonyl (C=O) groups is 2. The van der Waals surface area contributed by atoms with Crippen LogP contribution < -0.4 is 5.73 Å². The number of hydrogen-bond acceptors (Lipinski definition) is 6. The Morgan fingerprint density at radius 3 is 1.93 bits per heavy atom. The number of furan rings is 1. The third-order valence-electron chi connectivity index (χ3n) is 7.82. The predicted molar refractivity (Wildman–Crippen MR) is 170 cm³/mol. The Bertz CT molecular complexity index is 1500. The highest BCUT2D eigenvalue weighted by molar-refractivity contribution is 5.73. The van der Waals surface area contributed by atoms with E-state index in [1.807, 2.05) is 42.5 Å². The normalized spacial score (nSPS) is 14.5. The van der Waals surface area contributed by atoms with Crippen LogP contribution in [-0.2, 0) is 20.9 Å². The quantitative estimate of drug-likeness (QED) is 0.126. The molecule has 1 atom stereocenters. The van der Waals surface area contributed by atoms with Gasteiger partial charge in [0.15, 0.2) is 0 Å². The molecular weight excluding hydrogens is 550 g/mol. The smallest absolute Gasteiger partial charge is 0.306 e. The molecule has 44 heavy (non-hydrogen) atoms. The molecule has 7 heteroatoms. The largest absolute Gasteiger partial charge is 0.460 e. The number of nitrogens with two attached hydrogens (primary N) is 1. The first-order chi connectivity index (χ1) is 21.6. The highest BCUT2D eigenvalue weighted by Gasteiger charge is 2.30.